The Bertz CT molecular complexity index is 464. The molecule has 2 atom stereocenters. The Labute approximate surface area is 140 Å². The molecule has 2 rings (SSSR count). The average molecular weight is 318 g/mol. The standard InChI is InChI=1S/C20H30O3/c1-3-7-16-8-4-5-9-17(16)10-6-15-23-19-13-11-18(12-14-19)20(21)22-2/h11-14,16-17H,3-10,15H2,1-2H3. The highest BCUT2D eigenvalue weighted by molar-refractivity contribution is 5.89. The van der Waals surface area contributed by atoms with Crippen LogP contribution in [0.25, 0.3) is 0 Å². The van der Waals surface area contributed by atoms with E-state index in [0.717, 1.165) is 30.6 Å². The lowest BCUT2D eigenvalue weighted by molar-refractivity contribution is 0.0600. The number of ether oxygens (including phenoxy) is 2. The van der Waals surface area contributed by atoms with Crippen LogP contribution < -0.4 is 4.74 Å². The SMILES string of the molecule is CCCC1CCCCC1CCCOc1ccc(C(=O)OC)cc1. The molecule has 23 heavy (non-hydrogen) atoms. The fraction of sp³-hybridized carbons (Fsp3) is 0.650. The fourth-order valence-electron chi connectivity index (χ4n) is 3.76. The van der Waals surface area contributed by atoms with Gasteiger partial charge in [0.15, 0.2) is 0 Å². The van der Waals surface area contributed by atoms with Crippen LogP contribution in [-0.4, -0.2) is 19.7 Å². The molecule has 1 aromatic carbocycles. The number of methoxy groups -OCH3 is 1. The second kappa shape index (κ2) is 9.59. The number of hydrogen-bond donors (Lipinski definition) is 0. The van der Waals surface area contributed by atoms with Gasteiger partial charge in [0, 0.05) is 0 Å². The van der Waals surface area contributed by atoms with Crippen molar-refractivity contribution in [2.24, 2.45) is 11.8 Å². The first-order valence-electron chi connectivity index (χ1n) is 9.05. The quantitative estimate of drug-likeness (QED) is 0.486. The number of esters is 1. The summed E-state index contributed by atoms with van der Waals surface area (Å²) >= 11 is 0. The predicted octanol–water partition coefficient (Wildman–Crippen LogP) is 5.24. The van der Waals surface area contributed by atoms with E-state index in [1.165, 1.54) is 52.1 Å². The minimum atomic E-state index is -0.309. The Morgan fingerprint density at radius 2 is 1.74 bits per heavy atom. The summed E-state index contributed by atoms with van der Waals surface area (Å²) in [5.74, 6) is 2.35. The molecule has 3 nitrogen and oxygen atoms in total. The zero-order valence-corrected chi connectivity index (χ0v) is 14.6. The Morgan fingerprint density at radius 3 is 2.35 bits per heavy atom. The van der Waals surface area contributed by atoms with Crippen molar-refractivity contribution in [1.82, 2.24) is 0 Å². The molecule has 0 heterocycles. The molecule has 1 saturated carbocycles. The molecule has 0 spiro atoms. The van der Waals surface area contributed by atoms with Crippen molar-refractivity contribution in [3.63, 3.8) is 0 Å². The van der Waals surface area contributed by atoms with Crippen LogP contribution in [0.2, 0.25) is 0 Å². The molecule has 1 aliphatic rings. The highest BCUT2D eigenvalue weighted by Crippen LogP contribution is 2.35. The van der Waals surface area contributed by atoms with Gasteiger partial charge in [-0.3, -0.25) is 0 Å². The molecule has 2 unspecified atom stereocenters. The lowest BCUT2D eigenvalue weighted by Crippen LogP contribution is -2.20. The maximum Gasteiger partial charge on any atom is 0.337 e. The largest absolute Gasteiger partial charge is 0.494 e. The van der Waals surface area contributed by atoms with Crippen molar-refractivity contribution >= 4 is 5.97 Å². The lowest BCUT2D eigenvalue weighted by Gasteiger charge is -2.31. The van der Waals surface area contributed by atoms with Gasteiger partial charge >= 0.3 is 5.97 Å². The van der Waals surface area contributed by atoms with Crippen LogP contribution >= 0.6 is 0 Å². The summed E-state index contributed by atoms with van der Waals surface area (Å²) in [4.78, 5) is 11.4. The molecule has 0 N–H and O–H groups in total. The van der Waals surface area contributed by atoms with E-state index >= 15 is 0 Å². The summed E-state index contributed by atoms with van der Waals surface area (Å²) in [6.07, 6.45) is 10.7. The van der Waals surface area contributed by atoms with Gasteiger partial charge in [-0.25, -0.2) is 4.79 Å². The number of hydrogen-bond acceptors (Lipinski definition) is 3. The van der Waals surface area contributed by atoms with E-state index in [0.29, 0.717) is 5.56 Å². The Kier molecular flexibility index (Phi) is 7.44. The fourth-order valence-corrected chi connectivity index (χ4v) is 3.76. The van der Waals surface area contributed by atoms with Crippen LogP contribution in [0.1, 0.15) is 68.6 Å². The molecule has 0 radical (unpaired) electrons. The molecule has 3 heteroatoms. The van der Waals surface area contributed by atoms with E-state index in [1.54, 1.807) is 12.1 Å². The number of benzene rings is 1. The highest BCUT2D eigenvalue weighted by Gasteiger charge is 2.23. The highest BCUT2D eigenvalue weighted by atomic mass is 16.5. The maximum atomic E-state index is 11.4. The topological polar surface area (TPSA) is 35.5 Å². The van der Waals surface area contributed by atoms with Gasteiger partial charge in [-0.15, -0.1) is 0 Å². The third-order valence-corrected chi connectivity index (χ3v) is 4.99. The lowest BCUT2D eigenvalue weighted by atomic mass is 9.75. The minimum Gasteiger partial charge on any atom is -0.494 e. The van der Waals surface area contributed by atoms with Gasteiger partial charge in [-0.05, 0) is 48.9 Å². The molecule has 128 valence electrons. The van der Waals surface area contributed by atoms with Crippen LogP contribution in [0.5, 0.6) is 5.75 Å². The number of rotatable bonds is 8. The number of carbonyl (C=O) groups is 1. The molecular weight excluding hydrogens is 288 g/mol. The first-order chi connectivity index (χ1) is 11.2. The van der Waals surface area contributed by atoms with E-state index in [4.69, 9.17) is 9.47 Å². The predicted molar refractivity (Wildman–Crippen MR) is 92.9 cm³/mol. The van der Waals surface area contributed by atoms with Crippen molar-refractivity contribution in [2.45, 2.75) is 58.3 Å². The first-order valence-corrected chi connectivity index (χ1v) is 9.05. The second-order valence-corrected chi connectivity index (χ2v) is 6.60. The zero-order valence-electron chi connectivity index (χ0n) is 14.6. The molecule has 1 fully saturated rings. The molecule has 0 saturated heterocycles. The third-order valence-electron chi connectivity index (χ3n) is 4.99. The van der Waals surface area contributed by atoms with Crippen molar-refractivity contribution in [1.29, 1.82) is 0 Å². The van der Waals surface area contributed by atoms with E-state index in [-0.39, 0.29) is 5.97 Å². The Hall–Kier alpha value is -1.51. The summed E-state index contributed by atoms with van der Waals surface area (Å²) in [5.41, 5.74) is 0.560. The summed E-state index contributed by atoms with van der Waals surface area (Å²) in [6.45, 7) is 3.06. The Morgan fingerprint density at radius 1 is 1.09 bits per heavy atom. The Balaban J connectivity index is 1.71. The second-order valence-electron chi connectivity index (χ2n) is 6.60. The number of carbonyl (C=O) groups excluding carboxylic acids is 1. The smallest absolute Gasteiger partial charge is 0.337 e. The monoisotopic (exact) mass is 318 g/mol. The van der Waals surface area contributed by atoms with Crippen molar-refractivity contribution in [3.8, 4) is 5.75 Å². The maximum absolute atomic E-state index is 11.4. The summed E-state index contributed by atoms with van der Waals surface area (Å²) in [5, 5.41) is 0. The average Bonchev–Trinajstić information content (AvgIpc) is 2.60. The molecule has 1 aromatic rings. The van der Waals surface area contributed by atoms with E-state index in [1.807, 2.05) is 12.1 Å². The normalized spacial score (nSPS) is 21.0. The van der Waals surface area contributed by atoms with Crippen LogP contribution in [0, 0.1) is 11.8 Å². The molecule has 0 bridgehead atoms. The molecule has 0 aliphatic heterocycles. The van der Waals surface area contributed by atoms with E-state index < -0.39 is 0 Å². The molecule has 1 aliphatic carbocycles. The van der Waals surface area contributed by atoms with Gasteiger partial charge in [-0.2, -0.15) is 0 Å². The van der Waals surface area contributed by atoms with E-state index in [2.05, 4.69) is 6.92 Å². The van der Waals surface area contributed by atoms with Gasteiger partial charge in [0.05, 0.1) is 19.3 Å². The van der Waals surface area contributed by atoms with Gasteiger partial charge in [0.1, 0.15) is 5.75 Å². The van der Waals surface area contributed by atoms with Crippen molar-refractivity contribution < 1.29 is 14.3 Å². The van der Waals surface area contributed by atoms with Gasteiger partial charge in [-0.1, -0.05) is 45.4 Å². The summed E-state index contributed by atoms with van der Waals surface area (Å²) in [7, 11) is 1.39. The van der Waals surface area contributed by atoms with Crippen LogP contribution in [-0.2, 0) is 4.74 Å². The van der Waals surface area contributed by atoms with Crippen molar-refractivity contribution in [3.05, 3.63) is 29.8 Å². The zero-order chi connectivity index (χ0) is 16.5. The summed E-state index contributed by atoms with van der Waals surface area (Å²) < 4.78 is 10.5. The first kappa shape index (κ1) is 17.8. The molecule has 0 aromatic heterocycles. The molecular formula is C20H30O3. The third kappa shape index (κ3) is 5.56. The van der Waals surface area contributed by atoms with Crippen molar-refractivity contribution in [2.75, 3.05) is 13.7 Å². The van der Waals surface area contributed by atoms with Gasteiger partial charge < -0.3 is 9.47 Å². The van der Waals surface area contributed by atoms with Gasteiger partial charge in [0.25, 0.3) is 0 Å². The van der Waals surface area contributed by atoms with Crippen LogP contribution in [0.4, 0.5) is 0 Å². The van der Waals surface area contributed by atoms with E-state index in [9.17, 15) is 4.79 Å². The summed E-state index contributed by atoms with van der Waals surface area (Å²) in [6, 6.07) is 7.18. The van der Waals surface area contributed by atoms with Gasteiger partial charge in [0.2, 0.25) is 0 Å². The van der Waals surface area contributed by atoms with Crippen LogP contribution in [0.15, 0.2) is 24.3 Å². The minimum absolute atomic E-state index is 0.309. The van der Waals surface area contributed by atoms with Crippen LogP contribution in [0.3, 0.4) is 0 Å². The molecule has 0 amide bonds.